The van der Waals surface area contributed by atoms with E-state index in [4.69, 9.17) is 13.8 Å². The van der Waals surface area contributed by atoms with E-state index in [-0.39, 0.29) is 0 Å². The second-order valence-electron chi connectivity index (χ2n) is 13.9. The quantitative estimate of drug-likeness (QED) is 0.173. The highest BCUT2D eigenvalue weighted by molar-refractivity contribution is 6.24. The SMILES string of the molecule is c1ccc(-c2ccc(N(c3ccccc3)c3ccc(-c4cc5ccccc5c5c4oc4ccc(-c6nc7ccccc7o6)cc45)c4ccccc34)cc2)cc1. The van der Waals surface area contributed by atoms with Crippen LogP contribution in [0, 0.1) is 0 Å². The van der Waals surface area contributed by atoms with Gasteiger partial charge in [0.05, 0.1) is 5.69 Å². The zero-order valence-electron chi connectivity index (χ0n) is 29.7. The maximum atomic E-state index is 6.85. The van der Waals surface area contributed by atoms with Crippen molar-refractivity contribution < 1.29 is 8.83 Å². The summed E-state index contributed by atoms with van der Waals surface area (Å²) in [7, 11) is 0. The van der Waals surface area contributed by atoms with Gasteiger partial charge in [-0.25, -0.2) is 4.98 Å². The van der Waals surface area contributed by atoms with Crippen molar-refractivity contribution in [3.05, 3.63) is 194 Å². The van der Waals surface area contributed by atoms with Gasteiger partial charge >= 0.3 is 0 Å². The Morgan fingerprint density at radius 2 is 1.05 bits per heavy atom. The molecule has 4 heteroatoms. The lowest BCUT2D eigenvalue weighted by molar-refractivity contribution is 0.620. The Labute approximate surface area is 317 Å². The Kier molecular flexibility index (Phi) is 7.14. The molecule has 0 unspecified atom stereocenters. The summed E-state index contributed by atoms with van der Waals surface area (Å²) in [6.45, 7) is 0. The Morgan fingerprint density at radius 1 is 0.400 bits per heavy atom. The number of hydrogen-bond donors (Lipinski definition) is 0. The van der Waals surface area contributed by atoms with E-state index in [1.807, 2.05) is 36.4 Å². The fraction of sp³-hybridized carbons (Fsp3) is 0. The summed E-state index contributed by atoms with van der Waals surface area (Å²) >= 11 is 0. The molecule has 0 N–H and O–H groups in total. The van der Waals surface area contributed by atoms with Crippen LogP contribution < -0.4 is 4.90 Å². The van der Waals surface area contributed by atoms with Crippen molar-refractivity contribution in [2.24, 2.45) is 0 Å². The fourth-order valence-electron chi connectivity index (χ4n) is 8.11. The molecule has 11 aromatic rings. The number of oxazole rings is 1. The molecule has 0 spiro atoms. The van der Waals surface area contributed by atoms with Crippen molar-refractivity contribution in [2.45, 2.75) is 0 Å². The molecule has 2 aromatic heterocycles. The van der Waals surface area contributed by atoms with E-state index >= 15 is 0 Å². The second kappa shape index (κ2) is 12.6. The van der Waals surface area contributed by atoms with E-state index in [0.717, 1.165) is 88.3 Å². The van der Waals surface area contributed by atoms with E-state index in [1.165, 1.54) is 11.1 Å². The Morgan fingerprint density at radius 3 is 1.87 bits per heavy atom. The predicted octanol–water partition coefficient (Wildman–Crippen LogP) is 14.5. The lowest BCUT2D eigenvalue weighted by atomic mass is 9.92. The molecule has 0 saturated heterocycles. The molecule has 0 fully saturated rings. The first-order valence-electron chi connectivity index (χ1n) is 18.5. The summed E-state index contributed by atoms with van der Waals surface area (Å²) in [4.78, 5) is 7.15. The number of nitrogens with zero attached hydrogens (tertiary/aromatic N) is 2. The molecule has 0 aliphatic carbocycles. The van der Waals surface area contributed by atoms with Crippen LogP contribution in [0.15, 0.2) is 203 Å². The zero-order valence-corrected chi connectivity index (χ0v) is 29.7. The highest BCUT2D eigenvalue weighted by Gasteiger charge is 2.22. The Hall–Kier alpha value is -7.43. The number of benzene rings is 9. The number of aromatic nitrogens is 1. The molecule has 2 heterocycles. The smallest absolute Gasteiger partial charge is 0.227 e. The molecule has 258 valence electrons. The van der Waals surface area contributed by atoms with Crippen LogP contribution in [-0.2, 0) is 0 Å². The summed E-state index contributed by atoms with van der Waals surface area (Å²) in [6.07, 6.45) is 0. The number of fused-ring (bicyclic) bond motifs is 7. The maximum Gasteiger partial charge on any atom is 0.227 e. The van der Waals surface area contributed by atoms with Gasteiger partial charge in [-0.15, -0.1) is 0 Å². The molecule has 11 rings (SSSR count). The predicted molar refractivity (Wildman–Crippen MR) is 227 cm³/mol. The lowest BCUT2D eigenvalue weighted by Crippen LogP contribution is -2.10. The fourth-order valence-corrected chi connectivity index (χ4v) is 8.11. The van der Waals surface area contributed by atoms with Gasteiger partial charge in [-0.3, -0.25) is 0 Å². The molecule has 0 atom stereocenters. The zero-order chi connectivity index (χ0) is 36.3. The standard InChI is InChI=1S/C51H32N2O2/c1-3-13-33(14-4-1)34-23-26-38(27-24-34)53(37-16-5-2-6-17-37)46-29-28-41(40-19-9-10-20-42(40)46)43-31-35-15-7-8-18-39(35)49-44-32-36(25-30-47(44)54-50(43)49)51-52-45-21-11-12-22-48(45)55-51/h1-32H. The molecule has 0 saturated carbocycles. The number of anilines is 3. The van der Waals surface area contributed by atoms with E-state index < -0.39 is 0 Å². The molecule has 0 bridgehead atoms. The van der Waals surface area contributed by atoms with Crippen LogP contribution >= 0.6 is 0 Å². The van der Waals surface area contributed by atoms with Gasteiger partial charge in [0.15, 0.2) is 5.58 Å². The van der Waals surface area contributed by atoms with Gasteiger partial charge < -0.3 is 13.7 Å². The van der Waals surface area contributed by atoms with Gasteiger partial charge in [-0.2, -0.15) is 0 Å². The summed E-state index contributed by atoms with van der Waals surface area (Å²) < 4.78 is 13.0. The van der Waals surface area contributed by atoms with Crippen molar-refractivity contribution in [3.8, 4) is 33.7 Å². The summed E-state index contributed by atoms with van der Waals surface area (Å²) in [5.41, 5.74) is 12.0. The van der Waals surface area contributed by atoms with E-state index in [2.05, 4.69) is 163 Å². The van der Waals surface area contributed by atoms with Gasteiger partial charge in [0.1, 0.15) is 16.7 Å². The van der Waals surface area contributed by atoms with Crippen LogP contribution in [0.1, 0.15) is 0 Å². The molecule has 0 aliphatic heterocycles. The normalized spacial score (nSPS) is 11.6. The summed E-state index contributed by atoms with van der Waals surface area (Å²) in [6, 6.07) is 68.2. The molecular formula is C51H32N2O2. The van der Waals surface area contributed by atoms with E-state index in [0.29, 0.717) is 5.89 Å². The molecule has 9 aromatic carbocycles. The first kappa shape index (κ1) is 31.1. The minimum Gasteiger partial charge on any atom is -0.455 e. The Bertz CT molecular complexity index is 3170. The molecular weight excluding hydrogens is 673 g/mol. The van der Waals surface area contributed by atoms with Crippen molar-refractivity contribution in [3.63, 3.8) is 0 Å². The third-order valence-electron chi connectivity index (χ3n) is 10.7. The van der Waals surface area contributed by atoms with Crippen LogP contribution in [0.5, 0.6) is 0 Å². The minimum absolute atomic E-state index is 0.595. The van der Waals surface area contributed by atoms with E-state index in [1.54, 1.807) is 0 Å². The van der Waals surface area contributed by atoms with E-state index in [9.17, 15) is 0 Å². The van der Waals surface area contributed by atoms with Gasteiger partial charge in [-0.1, -0.05) is 127 Å². The number of furan rings is 1. The first-order chi connectivity index (χ1) is 27.3. The third-order valence-corrected chi connectivity index (χ3v) is 10.7. The van der Waals surface area contributed by atoms with Crippen LogP contribution in [-0.4, -0.2) is 4.98 Å². The van der Waals surface area contributed by atoms with Gasteiger partial charge in [-0.05, 0) is 99.6 Å². The molecule has 4 nitrogen and oxygen atoms in total. The van der Waals surface area contributed by atoms with Crippen molar-refractivity contribution >= 4 is 71.6 Å². The average molecular weight is 705 g/mol. The monoisotopic (exact) mass is 704 g/mol. The molecule has 0 amide bonds. The number of hydrogen-bond acceptors (Lipinski definition) is 4. The van der Waals surface area contributed by atoms with Crippen molar-refractivity contribution in [2.75, 3.05) is 4.90 Å². The summed E-state index contributed by atoms with van der Waals surface area (Å²) in [5.74, 6) is 0.595. The van der Waals surface area contributed by atoms with Gasteiger partial charge in [0.2, 0.25) is 5.89 Å². The van der Waals surface area contributed by atoms with Crippen LogP contribution in [0.4, 0.5) is 17.1 Å². The van der Waals surface area contributed by atoms with Crippen LogP contribution in [0.3, 0.4) is 0 Å². The molecule has 0 radical (unpaired) electrons. The molecule has 0 aliphatic rings. The largest absolute Gasteiger partial charge is 0.455 e. The molecule has 55 heavy (non-hydrogen) atoms. The average Bonchev–Trinajstić information content (AvgIpc) is 3.87. The highest BCUT2D eigenvalue weighted by Crippen LogP contribution is 2.47. The third kappa shape index (κ3) is 5.19. The lowest BCUT2D eigenvalue weighted by Gasteiger charge is -2.27. The maximum absolute atomic E-state index is 6.85. The van der Waals surface area contributed by atoms with Crippen molar-refractivity contribution in [1.82, 2.24) is 4.98 Å². The van der Waals surface area contributed by atoms with Gasteiger partial charge in [0, 0.05) is 38.7 Å². The number of rotatable bonds is 6. The number of para-hydroxylation sites is 3. The second-order valence-corrected chi connectivity index (χ2v) is 13.9. The van der Waals surface area contributed by atoms with Crippen molar-refractivity contribution in [1.29, 1.82) is 0 Å². The highest BCUT2D eigenvalue weighted by atomic mass is 16.3. The van der Waals surface area contributed by atoms with Crippen LogP contribution in [0.25, 0.3) is 88.3 Å². The van der Waals surface area contributed by atoms with Gasteiger partial charge in [0.25, 0.3) is 0 Å². The minimum atomic E-state index is 0.595. The van der Waals surface area contributed by atoms with Crippen LogP contribution in [0.2, 0.25) is 0 Å². The first-order valence-corrected chi connectivity index (χ1v) is 18.5. The Balaban J connectivity index is 1.11. The topological polar surface area (TPSA) is 42.4 Å². The summed E-state index contributed by atoms with van der Waals surface area (Å²) in [5, 5.41) is 6.70.